The van der Waals surface area contributed by atoms with Gasteiger partial charge in [0.2, 0.25) is 5.91 Å². The van der Waals surface area contributed by atoms with E-state index >= 15 is 0 Å². The predicted octanol–water partition coefficient (Wildman–Crippen LogP) is 3.59. The van der Waals surface area contributed by atoms with Gasteiger partial charge in [-0.1, -0.05) is 18.2 Å². The van der Waals surface area contributed by atoms with E-state index in [1.54, 1.807) is 18.7 Å². The van der Waals surface area contributed by atoms with Gasteiger partial charge in [0.05, 0.1) is 0 Å². The van der Waals surface area contributed by atoms with Crippen LogP contribution in [0.2, 0.25) is 0 Å². The molecule has 3 aromatic rings. The lowest BCUT2D eigenvalue weighted by atomic mass is 10.1. The molecule has 0 radical (unpaired) electrons. The summed E-state index contributed by atoms with van der Waals surface area (Å²) in [5.41, 5.74) is 4.99. The van der Waals surface area contributed by atoms with Crippen LogP contribution in [0, 0.1) is 20.8 Å². The van der Waals surface area contributed by atoms with Crippen molar-refractivity contribution in [3.63, 3.8) is 0 Å². The van der Waals surface area contributed by atoms with Crippen molar-refractivity contribution in [2.24, 2.45) is 0 Å². The number of aryl methyl sites for hydroxylation is 3. The molecule has 29 heavy (non-hydrogen) atoms. The fraction of sp³-hybridized carbons (Fsp3) is 0.400. The average molecular weight is 403 g/mol. The Bertz CT molecular complexity index is 1120. The molecule has 0 fully saturated rings. The summed E-state index contributed by atoms with van der Waals surface area (Å²) in [5, 5.41) is 3.55. The minimum absolute atomic E-state index is 0.00785. The van der Waals surface area contributed by atoms with Crippen molar-refractivity contribution < 1.29 is 18.0 Å². The van der Waals surface area contributed by atoms with Crippen molar-refractivity contribution in [3.8, 4) is 0 Å². The number of carbonyl (C=O) groups is 1. The van der Waals surface area contributed by atoms with E-state index < -0.39 is 12.0 Å². The molecule has 0 bridgehead atoms. The lowest BCUT2D eigenvalue weighted by Crippen LogP contribution is -2.29. The number of aromatic nitrogens is 4. The lowest BCUT2D eigenvalue weighted by molar-refractivity contribution is -0.144. The van der Waals surface area contributed by atoms with Crippen molar-refractivity contribution in [1.29, 1.82) is 0 Å². The molecule has 0 saturated heterocycles. The number of amides is 1. The van der Waals surface area contributed by atoms with Crippen LogP contribution in [0.1, 0.15) is 40.3 Å². The van der Waals surface area contributed by atoms with Crippen LogP contribution in [0.5, 0.6) is 0 Å². The van der Waals surface area contributed by atoms with Gasteiger partial charge in [-0.05, 0) is 50.3 Å². The Morgan fingerprint density at radius 1 is 1.17 bits per heavy atom. The second-order valence-corrected chi connectivity index (χ2v) is 7.28. The summed E-state index contributed by atoms with van der Waals surface area (Å²) >= 11 is 0. The van der Waals surface area contributed by atoms with Gasteiger partial charge in [-0.15, -0.1) is 5.10 Å². The summed E-state index contributed by atoms with van der Waals surface area (Å²) in [6.07, 6.45) is -3.19. The van der Waals surface area contributed by atoms with Gasteiger partial charge in [-0.25, -0.2) is 9.50 Å². The van der Waals surface area contributed by atoms with Crippen LogP contribution >= 0.6 is 0 Å². The van der Waals surface area contributed by atoms with E-state index in [1.165, 1.54) is 0 Å². The van der Waals surface area contributed by atoms with E-state index in [1.807, 2.05) is 25.1 Å². The molecule has 3 heterocycles. The number of hydrogen-bond donors (Lipinski definition) is 0. The number of halogens is 3. The van der Waals surface area contributed by atoms with Gasteiger partial charge in [-0.3, -0.25) is 4.79 Å². The minimum atomic E-state index is -4.63. The Labute approximate surface area is 165 Å². The summed E-state index contributed by atoms with van der Waals surface area (Å²) in [4.78, 5) is 22.3. The number of rotatable bonds is 3. The Morgan fingerprint density at radius 3 is 2.66 bits per heavy atom. The minimum Gasteiger partial charge on any atom is -0.312 e. The topological polar surface area (TPSA) is 63.4 Å². The van der Waals surface area contributed by atoms with E-state index in [2.05, 4.69) is 15.1 Å². The molecule has 0 aliphatic carbocycles. The van der Waals surface area contributed by atoms with Crippen LogP contribution in [-0.2, 0) is 23.8 Å². The van der Waals surface area contributed by atoms with Gasteiger partial charge in [0.1, 0.15) is 0 Å². The fourth-order valence-corrected chi connectivity index (χ4v) is 3.96. The molecule has 1 amide bonds. The first-order valence-electron chi connectivity index (χ1n) is 9.35. The van der Waals surface area contributed by atoms with Crippen molar-refractivity contribution >= 4 is 17.4 Å². The maximum Gasteiger partial charge on any atom is 0.453 e. The molecule has 152 valence electrons. The van der Waals surface area contributed by atoms with Crippen molar-refractivity contribution in [2.75, 3.05) is 11.4 Å². The average Bonchev–Trinajstić information content (AvgIpc) is 3.26. The molecule has 6 nitrogen and oxygen atoms in total. The Kier molecular flexibility index (Phi) is 4.55. The molecular weight excluding hydrogens is 383 g/mol. The zero-order valence-corrected chi connectivity index (χ0v) is 16.3. The molecule has 1 aliphatic rings. The number of carbonyl (C=O) groups excluding carboxylic acids is 1. The molecule has 0 spiro atoms. The molecule has 0 unspecified atom stereocenters. The fourth-order valence-electron chi connectivity index (χ4n) is 3.96. The van der Waals surface area contributed by atoms with Crippen LogP contribution < -0.4 is 4.90 Å². The highest BCUT2D eigenvalue weighted by atomic mass is 19.4. The summed E-state index contributed by atoms with van der Waals surface area (Å²) in [7, 11) is 0. The molecule has 9 heteroatoms. The van der Waals surface area contributed by atoms with E-state index in [0.717, 1.165) is 27.8 Å². The second kappa shape index (κ2) is 6.82. The third-order valence-corrected chi connectivity index (χ3v) is 5.39. The maximum absolute atomic E-state index is 12.9. The second-order valence-electron chi connectivity index (χ2n) is 7.28. The van der Waals surface area contributed by atoms with Crippen LogP contribution in [-0.4, -0.2) is 32.0 Å². The quantitative estimate of drug-likeness (QED) is 0.671. The van der Waals surface area contributed by atoms with Crippen LogP contribution in [0.15, 0.2) is 18.2 Å². The van der Waals surface area contributed by atoms with Crippen LogP contribution in [0.3, 0.4) is 0 Å². The Hall–Kier alpha value is -2.97. The summed E-state index contributed by atoms with van der Waals surface area (Å²) in [6, 6.07) is 6.01. The van der Waals surface area contributed by atoms with E-state index in [0.29, 0.717) is 29.9 Å². The number of anilines is 1. The number of para-hydroxylation sites is 1. The van der Waals surface area contributed by atoms with Crippen molar-refractivity contribution in [3.05, 3.63) is 52.1 Å². The van der Waals surface area contributed by atoms with Gasteiger partial charge >= 0.3 is 6.18 Å². The number of nitrogens with zero attached hydrogens (tertiary/aromatic N) is 5. The molecule has 1 aliphatic heterocycles. The molecule has 2 aromatic heterocycles. The molecule has 0 N–H and O–H groups in total. The number of fused-ring (bicyclic) bond motifs is 2. The van der Waals surface area contributed by atoms with E-state index in [4.69, 9.17) is 0 Å². The first kappa shape index (κ1) is 19.4. The highest BCUT2D eigenvalue weighted by Gasteiger charge is 2.37. The monoisotopic (exact) mass is 403 g/mol. The third kappa shape index (κ3) is 3.34. The molecule has 0 atom stereocenters. The van der Waals surface area contributed by atoms with Gasteiger partial charge in [0.15, 0.2) is 0 Å². The Morgan fingerprint density at radius 2 is 1.93 bits per heavy atom. The molecule has 4 rings (SSSR count). The van der Waals surface area contributed by atoms with Crippen molar-refractivity contribution in [1.82, 2.24) is 19.6 Å². The third-order valence-electron chi connectivity index (χ3n) is 5.39. The molecular formula is C20H20F3N5O. The van der Waals surface area contributed by atoms with E-state index in [9.17, 15) is 18.0 Å². The summed E-state index contributed by atoms with van der Waals surface area (Å²) in [5.74, 6) is -1.32. The summed E-state index contributed by atoms with van der Waals surface area (Å²) < 4.78 is 39.9. The lowest BCUT2D eigenvalue weighted by Gasteiger charge is -2.20. The summed E-state index contributed by atoms with van der Waals surface area (Å²) in [6.45, 7) is 6.02. The van der Waals surface area contributed by atoms with Crippen molar-refractivity contribution in [2.45, 2.75) is 46.2 Å². The predicted molar refractivity (Wildman–Crippen MR) is 101 cm³/mol. The smallest absolute Gasteiger partial charge is 0.312 e. The standard InChI is InChI=1S/C20H20F3N5O/c1-11-5-4-6-14-9-10-27(17(11)14)16(29)8-7-15-12(2)24-19-25-18(20(21,22)23)26-28(19)13(15)3/h4-6H,7-10H2,1-3H3. The van der Waals surface area contributed by atoms with Gasteiger partial charge in [0.25, 0.3) is 11.6 Å². The Balaban J connectivity index is 1.58. The van der Waals surface area contributed by atoms with Gasteiger partial charge in [0, 0.05) is 30.0 Å². The normalized spacial score (nSPS) is 13.9. The SMILES string of the molecule is Cc1cccc2c1N(C(=O)CCc1c(C)nc3nc(C(F)(F)F)nn3c1C)CC2. The van der Waals surface area contributed by atoms with Crippen LogP contribution in [0.25, 0.3) is 5.78 Å². The first-order valence-corrected chi connectivity index (χ1v) is 9.35. The maximum atomic E-state index is 12.9. The largest absolute Gasteiger partial charge is 0.453 e. The van der Waals surface area contributed by atoms with E-state index in [-0.39, 0.29) is 18.1 Å². The molecule has 1 aromatic carbocycles. The van der Waals surface area contributed by atoms with Crippen LogP contribution in [0.4, 0.5) is 18.9 Å². The highest BCUT2D eigenvalue weighted by Crippen LogP contribution is 2.32. The highest BCUT2D eigenvalue weighted by molar-refractivity contribution is 5.96. The number of alkyl halides is 3. The zero-order chi connectivity index (χ0) is 20.9. The molecule has 0 saturated carbocycles. The zero-order valence-electron chi connectivity index (χ0n) is 16.3. The number of benzene rings is 1. The van der Waals surface area contributed by atoms with Gasteiger partial charge in [-0.2, -0.15) is 18.2 Å². The first-order chi connectivity index (χ1) is 13.7. The van der Waals surface area contributed by atoms with Gasteiger partial charge < -0.3 is 4.90 Å². The number of hydrogen-bond acceptors (Lipinski definition) is 4.